The van der Waals surface area contributed by atoms with Gasteiger partial charge in [0.05, 0.1) is 6.61 Å². The Balaban J connectivity index is 1.80. The van der Waals surface area contributed by atoms with Crippen LogP contribution in [0.1, 0.15) is 13.2 Å². The van der Waals surface area contributed by atoms with E-state index in [-0.39, 0.29) is 28.2 Å². The second-order valence-electron chi connectivity index (χ2n) is 5.54. The van der Waals surface area contributed by atoms with Crippen molar-refractivity contribution in [1.82, 2.24) is 19.5 Å². The molecule has 0 amide bonds. The maximum absolute atomic E-state index is 11.6. The standard InChI is InChI=1S/C12H11Cl2N4O7P/c1-4(19)23-8-7-5(2-22-26(20,21)25-7)24-11(8)18-10-6(17-12(18)14)9(13)15-3-16-10/h3,5,7-8,11H,2H2,1H3,(H,20,21)/p-1/t5-,7-,8-,11-/m1/s1. The van der Waals surface area contributed by atoms with E-state index in [9.17, 15) is 14.3 Å². The van der Waals surface area contributed by atoms with Gasteiger partial charge in [-0.15, -0.1) is 0 Å². The Morgan fingerprint density at radius 1 is 1.46 bits per heavy atom. The largest absolute Gasteiger partial charge is 0.756 e. The summed E-state index contributed by atoms with van der Waals surface area (Å²) in [7, 11) is -4.53. The van der Waals surface area contributed by atoms with Gasteiger partial charge in [0.1, 0.15) is 24.1 Å². The molecule has 0 aliphatic carbocycles. The lowest BCUT2D eigenvalue weighted by atomic mass is 10.1. The van der Waals surface area contributed by atoms with Crippen molar-refractivity contribution in [3.8, 4) is 0 Å². The van der Waals surface area contributed by atoms with E-state index in [1.807, 2.05) is 0 Å². The minimum absolute atomic E-state index is 0.0607. The zero-order chi connectivity index (χ0) is 18.6. The molecule has 14 heteroatoms. The van der Waals surface area contributed by atoms with Crippen LogP contribution in [0.5, 0.6) is 0 Å². The van der Waals surface area contributed by atoms with Crippen LogP contribution in [-0.4, -0.2) is 50.4 Å². The van der Waals surface area contributed by atoms with Crippen LogP contribution in [0.25, 0.3) is 11.2 Å². The number of hydrogen-bond donors (Lipinski definition) is 0. The van der Waals surface area contributed by atoms with E-state index in [1.165, 1.54) is 17.8 Å². The molecular formula is C12H10Cl2N4O7P-. The summed E-state index contributed by atoms with van der Waals surface area (Å²) < 4.78 is 33.6. The Morgan fingerprint density at radius 3 is 2.96 bits per heavy atom. The van der Waals surface area contributed by atoms with Crippen molar-refractivity contribution in [3.63, 3.8) is 0 Å². The predicted molar refractivity (Wildman–Crippen MR) is 83.2 cm³/mol. The maximum Gasteiger partial charge on any atom is 0.303 e. The van der Waals surface area contributed by atoms with E-state index in [2.05, 4.69) is 19.5 Å². The van der Waals surface area contributed by atoms with Gasteiger partial charge in [-0.3, -0.25) is 13.9 Å². The normalized spacial score (nSPS) is 34.0. The average Bonchev–Trinajstić information content (AvgIpc) is 3.04. The number of phosphoric ester groups is 1. The fraction of sp³-hybridized carbons (Fsp3) is 0.500. The van der Waals surface area contributed by atoms with Crippen molar-refractivity contribution in [2.45, 2.75) is 31.5 Å². The SMILES string of the molecule is CC(=O)O[C@@H]1[C@@H]2OP(=O)([O-])OC[C@H]2O[C@H]1n1c(Cl)nc2c(Cl)ncnc21. The van der Waals surface area contributed by atoms with Gasteiger partial charge in [0, 0.05) is 6.92 Å². The first-order chi connectivity index (χ1) is 12.3. The average molecular weight is 424 g/mol. The van der Waals surface area contributed by atoms with E-state index < -0.39 is 38.3 Å². The number of carbonyl (C=O) groups is 1. The molecule has 0 bridgehead atoms. The molecule has 0 radical (unpaired) electrons. The molecule has 0 N–H and O–H groups in total. The van der Waals surface area contributed by atoms with Crippen LogP contribution in [0, 0.1) is 0 Å². The molecule has 0 aromatic carbocycles. The highest BCUT2D eigenvalue weighted by Gasteiger charge is 2.53. The number of ether oxygens (including phenoxy) is 2. The molecule has 2 aromatic rings. The molecule has 5 atom stereocenters. The second kappa shape index (κ2) is 6.38. The summed E-state index contributed by atoms with van der Waals surface area (Å²) in [5.74, 6) is -0.659. The number of imidazole rings is 1. The number of hydrogen-bond acceptors (Lipinski definition) is 10. The van der Waals surface area contributed by atoms with Crippen LogP contribution < -0.4 is 4.89 Å². The van der Waals surface area contributed by atoms with Crippen LogP contribution >= 0.6 is 31.0 Å². The quantitative estimate of drug-likeness (QED) is 0.295. The smallest absolute Gasteiger partial charge is 0.303 e. The minimum atomic E-state index is -4.53. The number of rotatable bonds is 2. The Kier molecular flexibility index (Phi) is 4.43. The number of aromatic nitrogens is 4. The number of halogens is 2. The highest BCUT2D eigenvalue weighted by Crippen LogP contribution is 2.50. The van der Waals surface area contributed by atoms with Crippen molar-refractivity contribution in [2.75, 3.05) is 6.61 Å². The summed E-state index contributed by atoms with van der Waals surface area (Å²) in [6.07, 6.45) is -2.91. The van der Waals surface area contributed by atoms with Gasteiger partial charge in [-0.2, -0.15) is 0 Å². The zero-order valence-electron chi connectivity index (χ0n) is 12.9. The molecule has 26 heavy (non-hydrogen) atoms. The van der Waals surface area contributed by atoms with Gasteiger partial charge in [-0.05, 0) is 11.6 Å². The Hall–Kier alpha value is -1.33. The van der Waals surface area contributed by atoms with Crippen molar-refractivity contribution in [1.29, 1.82) is 0 Å². The van der Waals surface area contributed by atoms with Crippen LogP contribution in [0.4, 0.5) is 0 Å². The zero-order valence-corrected chi connectivity index (χ0v) is 15.3. The third kappa shape index (κ3) is 2.99. The fourth-order valence-electron chi connectivity index (χ4n) is 2.92. The van der Waals surface area contributed by atoms with E-state index >= 15 is 0 Å². The van der Waals surface area contributed by atoms with Crippen molar-refractivity contribution in [3.05, 3.63) is 16.8 Å². The summed E-state index contributed by atoms with van der Waals surface area (Å²) >= 11 is 12.2. The van der Waals surface area contributed by atoms with E-state index in [4.69, 9.17) is 37.2 Å². The number of fused-ring (bicyclic) bond motifs is 2. The van der Waals surface area contributed by atoms with Crippen molar-refractivity contribution < 1.29 is 32.8 Å². The lowest BCUT2D eigenvalue weighted by molar-refractivity contribution is -0.246. The molecule has 2 aliphatic heterocycles. The van der Waals surface area contributed by atoms with Gasteiger partial charge in [-0.1, -0.05) is 11.6 Å². The molecule has 2 fully saturated rings. The number of nitrogens with zero attached hydrogens (tertiary/aromatic N) is 4. The molecule has 4 rings (SSSR count). The molecule has 11 nitrogen and oxygen atoms in total. The van der Waals surface area contributed by atoms with Gasteiger partial charge in [0.15, 0.2) is 23.1 Å². The first-order valence-electron chi connectivity index (χ1n) is 7.27. The first-order valence-corrected chi connectivity index (χ1v) is 9.49. The Labute approximate surface area is 155 Å². The van der Waals surface area contributed by atoms with Gasteiger partial charge in [-0.25, -0.2) is 15.0 Å². The Morgan fingerprint density at radius 2 is 2.23 bits per heavy atom. The topological polar surface area (TPSA) is 138 Å². The molecule has 2 saturated heterocycles. The molecule has 140 valence electrons. The molecule has 0 saturated carbocycles. The first kappa shape index (κ1) is 18.1. The molecule has 4 heterocycles. The fourth-order valence-corrected chi connectivity index (χ4v) is 4.29. The third-order valence-corrected chi connectivity index (χ3v) is 5.39. The summed E-state index contributed by atoms with van der Waals surface area (Å²) in [6.45, 7) is 0.882. The third-order valence-electron chi connectivity index (χ3n) is 3.88. The Bertz CT molecular complexity index is 940. The number of phosphoric acid groups is 1. The van der Waals surface area contributed by atoms with Gasteiger partial charge in [0.25, 0.3) is 7.82 Å². The molecule has 2 aliphatic rings. The van der Waals surface area contributed by atoms with Gasteiger partial charge in [0.2, 0.25) is 5.28 Å². The highest BCUT2D eigenvalue weighted by atomic mass is 35.5. The van der Waals surface area contributed by atoms with E-state index in [0.717, 1.165) is 0 Å². The van der Waals surface area contributed by atoms with Crippen molar-refractivity contribution >= 4 is 48.2 Å². The van der Waals surface area contributed by atoms with E-state index in [1.54, 1.807) is 0 Å². The molecular weight excluding hydrogens is 414 g/mol. The van der Waals surface area contributed by atoms with E-state index in [0.29, 0.717) is 0 Å². The summed E-state index contributed by atoms with van der Waals surface area (Å²) in [4.78, 5) is 35.2. The van der Waals surface area contributed by atoms with Gasteiger partial charge < -0.3 is 23.4 Å². The molecule has 0 spiro atoms. The summed E-state index contributed by atoms with van der Waals surface area (Å²) in [5.41, 5.74) is 0.438. The number of esters is 1. The van der Waals surface area contributed by atoms with Crippen LogP contribution in [0.15, 0.2) is 6.33 Å². The van der Waals surface area contributed by atoms with Crippen molar-refractivity contribution in [2.24, 2.45) is 0 Å². The lowest BCUT2D eigenvalue weighted by Crippen LogP contribution is -2.42. The monoisotopic (exact) mass is 423 g/mol. The predicted octanol–water partition coefficient (Wildman–Crippen LogP) is 0.846. The second-order valence-corrected chi connectivity index (χ2v) is 7.60. The van der Waals surface area contributed by atoms with Crippen LogP contribution in [-0.2, 0) is 27.9 Å². The van der Waals surface area contributed by atoms with Gasteiger partial charge >= 0.3 is 5.97 Å². The lowest BCUT2D eigenvalue weighted by Gasteiger charge is -2.35. The molecule has 1 unspecified atom stereocenters. The molecule has 2 aromatic heterocycles. The summed E-state index contributed by atoms with van der Waals surface area (Å²) in [5, 5.41) is 0.00756. The summed E-state index contributed by atoms with van der Waals surface area (Å²) in [6, 6.07) is 0. The van der Waals surface area contributed by atoms with Crippen LogP contribution in [0.2, 0.25) is 10.4 Å². The highest BCUT2D eigenvalue weighted by molar-refractivity contribution is 7.45. The van der Waals surface area contributed by atoms with Crippen LogP contribution in [0.3, 0.4) is 0 Å². The minimum Gasteiger partial charge on any atom is -0.756 e. The number of carbonyl (C=O) groups excluding carboxylic acids is 1. The maximum atomic E-state index is 11.6.